The van der Waals surface area contributed by atoms with Crippen molar-refractivity contribution in [3.63, 3.8) is 0 Å². The number of benzene rings is 2. The van der Waals surface area contributed by atoms with E-state index >= 15 is 0 Å². The molecule has 0 atom stereocenters. The van der Waals surface area contributed by atoms with Crippen LogP contribution < -0.4 is 0 Å². The number of thioether (sulfide) groups is 1. The molecule has 5 heteroatoms. The summed E-state index contributed by atoms with van der Waals surface area (Å²) in [5, 5.41) is 0. The van der Waals surface area contributed by atoms with E-state index in [1.165, 1.54) is 4.90 Å². The molecule has 0 bridgehead atoms. The maximum atomic E-state index is 5.47. The highest BCUT2D eigenvalue weighted by Gasteiger charge is 2.09. The predicted octanol–water partition coefficient (Wildman–Crippen LogP) is 5.17. The lowest BCUT2D eigenvalue weighted by Gasteiger charge is -2.09. The van der Waals surface area contributed by atoms with Crippen LogP contribution in [0, 0.1) is 4.77 Å². The van der Waals surface area contributed by atoms with E-state index < -0.39 is 0 Å². The molecule has 0 saturated heterocycles. The first-order valence-electron chi connectivity index (χ1n) is 5.74. The molecule has 1 N–H and O–H groups in total. The fraction of sp³-hybridized carbons (Fsp3) is 0.0714. The Morgan fingerprint density at radius 3 is 2.79 bits per heavy atom. The van der Waals surface area contributed by atoms with E-state index in [-0.39, 0.29) is 0 Å². The third-order valence-electron chi connectivity index (χ3n) is 2.97. The van der Waals surface area contributed by atoms with Gasteiger partial charge < -0.3 is 4.98 Å². The van der Waals surface area contributed by atoms with Crippen molar-refractivity contribution >= 4 is 50.9 Å². The first-order valence-corrected chi connectivity index (χ1v) is 8.17. The van der Waals surface area contributed by atoms with Gasteiger partial charge in [-0.15, -0.1) is 11.8 Å². The van der Waals surface area contributed by atoms with Crippen molar-refractivity contribution in [3.8, 4) is 5.69 Å². The number of hydrogen-bond donors (Lipinski definition) is 1. The molecule has 0 spiro atoms. The highest BCUT2D eigenvalue weighted by atomic mass is 79.9. The van der Waals surface area contributed by atoms with Gasteiger partial charge in [-0.3, -0.25) is 4.57 Å². The lowest BCUT2D eigenvalue weighted by Crippen LogP contribution is -1.95. The van der Waals surface area contributed by atoms with Crippen LogP contribution in [0.25, 0.3) is 16.7 Å². The van der Waals surface area contributed by atoms with Crippen molar-refractivity contribution in [2.24, 2.45) is 0 Å². The molecule has 2 nitrogen and oxygen atoms in total. The summed E-state index contributed by atoms with van der Waals surface area (Å²) in [5.41, 5.74) is 3.25. The largest absolute Gasteiger partial charge is 0.330 e. The molecule has 0 fully saturated rings. The Hall–Kier alpha value is -1.04. The average molecular weight is 351 g/mol. The van der Waals surface area contributed by atoms with Crippen LogP contribution >= 0.6 is 39.9 Å². The second-order valence-electron chi connectivity index (χ2n) is 4.10. The molecule has 3 aromatic rings. The molecule has 0 radical (unpaired) electrons. The SMILES string of the molecule is CSc1ccccc1-n1c(=S)[nH]c2cc(Br)ccc21. The summed E-state index contributed by atoms with van der Waals surface area (Å²) in [6.07, 6.45) is 2.08. The highest BCUT2D eigenvalue weighted by molar-refractivity contribution is 9.10. The molecule has 19 heavy (non-hydrogen) atoms. The van der Waals surface area contributed by atoms with E-state index in [1.807, 2.05) is 24.3 Å². The van der Waals surface area contributed by atoms with Gasteiger partial charge in [-0.1, -0.05) is 28.1 Å². The number of nitrogens with one attached hydrogen (secondary N) is 1. The molecule has 0 saturated carbocycles. The molecule has 0 aliphatic heterocycles. The summed E-state index contributed by atoms with van der Waals surface area (Å²) in [7, 11) is 0. The zero-order valence-electron chi connectivity index (χ0n) is 10.2. The Morgan fingerprint density at radius 1 is 1.21 bits per heavy atom. The van der Waals surface area contributed by atoms with Crippen molar-refractivity contribution in [2.45, 2.75) is 4.90 Å². The quantitative estimate of drug-likeness (QED) is 0.508. The van der Waals surface area contributed by atoms with Gasteiger partial charge in [0, 0.05) is 9.37 Å². The van der Waals surface area contributed by atoms with Crippen molar-refractivity contribution in [3.05, 3.63) is 51.7 Å². The molecule has 0 aliphatic carbocycles. The second kappa shape index (κ2) is 5.15. The van der Waals surface area contributed by atoms with Crippen LogP contribution in [0.15, 0.2) is 51.8 Å². The van der Waals surface area contributed by atoms with Gasteiger partial charge in [-0.2, -0.15) is 0 Å². The third kappa shape index (κ3) is 2.26. The summed E-state index contributed by atoms with van der Waals surface area (Å²) in [6, 6.07) is 14.4. The van der Waals surface area contributed by atoms with Crippen LogP contribution in [0.2, 0.25) is 0 Å². The first-order chi connectivity index (χ1) is 9.20. The molecule has 1 aromatic heterocycles. The Kier molecular flexibility index (Phi) is 3.52. The van der Waals surface area contributed by atoms with E-state index in [2.05, 4.69) is 49.9 Å². The van der Waals surface area contributed by atoms with Crippen molar-refractivity contribution in [1.29, 1.82) is 0 Å². The van der Waals surface area contributed by atoms with Gasteiger partial charge in [0.15, 0.2) is 4.77 Å². The topological polar surface area (TPSA) is 20.7 Å². The first kappa shape index (κ1) is 13.0. The number of imidazole rings is 1. The minimum atomic E-state index is 0.717. The lowest BCUT2D eigenvalue weighted by atomic mass is 10.3. The fourth-order valence-corrected chi connectivity index (χ4v) is 3.39. The monoisotopic (exact) mass is 350 g/mol. The van der Waals surface area contributed by atoms with Crippen LogP contribution in [0.5, 0.6) is 0 Å². The predicted molar refractivity (Wildman–Crippen MR) is 87.9 cm³/mol. The van der Waals surface area contributed by atoms with E-state index in [9.17, 15) is 0 Å². The average Bonchev–Trinajstić information content (AvgIpc) is 2.73. The van der Waals surface area contributed by atoms with Crippen molar-refractivity contribution < 1.29 is 0 Å². The number of hydrogen-bond acceptors (Lipinski definition) is 2. The summed E-state index contributed by atoms with van der Waals surface area (Å²) in [6.45, 7) is 0. The summed E-state index contributed by atoms with van der Waals surface area (Å²) < 4.78 is 3.85. The van der Waals surface area contributed by atoms with Gasteiger partial charge >= 0.3 is 0 Å². The number of aromatic amines is 1. The molecule has 0 unspecified atom stereocenters. The standard InChI is InChI=1S/C14H11BrN2S2/c1-19-13-5-3-2-4-12(13)17-11-7-6-9(15)8-10(11)16-14(17)18/h2-8H,1H3,(H,16,18). The van der Waals surface area contributed by atoms with Gasteiger partial charge in [0.1, 0.15) is 0 Å². The molecular formula is C14H11BrN2S2. The summed E-state index contributed by atoms with van der Waals surface area (Å²) in [5.74, 6) is 0. The molecule has 0 aliphatic rings. The second-order valence-corrected chi connectivity index (χ2v) is 6.25. The molecule has 3 rings (SSSR count). The molecule has 96 valence electrons. The molecular weight excluding hydrogens is 340 g/mol. The maximum absolute atomic E-state index is 5.47. The molecule has 2 aromatic carbocycles. The third-order valence-corrected chi connectivity index (χ3v) is 4.53. The number of fused-ring (bicyclic) bond motifs is 1. The molecule has 0 amide bonds. The summed E-state index contributed by atoms with van der Waals surface area (Å²) >= 11 is 10.7. The van der Waals surface area contributed by atoms with Crippen molar-refractivity contribution in [1.82, 2.24) is 9.55 Å². The lowest BCUT2D eigenvalue weighted by molar-refractivity contribution is 1.03. The minimum Gasteiger partial charge on any atom is -0.330 e. The summed E-state index contributed by atoms with van der Waals surface area (Å²) in [4.78, 5) is 4.47. The van der Waals surface area contributed by atoms with Gasteiger partial charge in [0.25, 0.3) is 0 Å². The number of halogens is 1. The van der Waals surface area contributed by atoms with Gasteiger partial charge in [0.2, 0.25) is 0 Å². The van der Waals surface area contributed by atoms with Crippen LogP contribution in [-0.4, -0.2) is 15.8 Å². The van der Waals surface area contributed by atoms with Gasteiger partial charge in [-0.05, 0) is 48.8 Å². The number of nitrogens with zero attached hydrogens (tertiary/aromatic N) is 1. The number of para-hydroxylation sites is 1. The van der Waals surface area contributed by atoms with E-state index in [4.69, 9.17) is 12.2 Å². The maximum Gasteiger partial charge on any atom is 0.182 e. The van der Waals surface area contributed by atoms with Gasteiger partial charge in [0.05, 0.1) is 16.7 Å². The zero-order valence-corrected chi connectivity index (χ0v) is 13.4. The van der Waals surface area contributed by atoms with Crippen molar-refractivity contribution in [2.75, 3.05) is 6.26 Å². The normalized spacial score (nSPS) is 11.1. The van der Waals surface area contributed by atoms with E-state index in [0.29, 0.717) is 0 Å². The molecule has 1 heterocycles. The zero-order chi connectivity index (χ0) is 13.4. The number of rotatable bonds is 2. The van der Waals surface area contributed by atoms with Crippen LogP contribution in [0.4, 0.5) is 0 Å². The Morgan fingerprint density at radius 2 is 2.00 bits per heavy atom. The number of aromatic nitrogens is 2. The Balaban J connectivity index is 2.36. The van der Waals surface area contributed by atoms with Crippen LogP contribution in [0.1, 0.15) is 0 Å². The van der Waals surface area contributed by atoms with E-state index in [0.717, 1.165) is 26.0 Å². The van der Waals surface area contributed by atoms with Crippen LogP contribution in [0.3, 0.4) is 0 Å². The van der Waals surface area contributed by atoms with E-state index in [1.54, 1.807) is 11.8 Å². The minimum absolute atomic E-state index is 0.717. The Bertz CT molecular complexity index is 805. The van der Waals surface area contributed by atoms with Crippen LogP contribution in [-0.2, 0) is 0 Å². The van der Waals surface area contributed by atoms with Gasteiger partial charge in [-0.25, -0.2) is 0 Å². The fourth-order valence-electron chi connectivity index (χ4n) is 2.14. The Labute approximate surface area is 129 Å². The smallest absolute Gasteiger partial charge is 0.182 e. The number of H-pyrrole nitrogens is 1. The highest BCUT2D eigenvalue weighted by Crippen LogP contribution is 2.28.